The molecule has 1 fully saturated rings. The largest absolute Gasteiger partial charge is 0.409 e. The van der Waals surface area contributed by atoms with Crippen LogP contribution in [0, 0.1) is 0 Å². The minimum Gasteiger partial charge on any atom is -0.409 e. The fourth-order valence-corrected chi connectivity index (χ4v) is 2.69. The number of nitrogens with zero attached hydrogens (tertiary/aromatic N) is 2. The Hall–Kier alpha value is -1.73. The number of amidine groups is 1. The number of amides is 1. The van der Waals surface area contributed by atoms with Crippen LogP contribution in [0.1, 0.15) is 0 Å². The van der Waals surface area contributed by atoms with E-state index in [1.807, 2.05) is 30.3 Å². The quantitative estimate of drug-likeness (QED) is 0.281. The third-order valence-corrected chi connectivity index (χ3v) is 3.97. The summed E-state index contributed by atoms with van der Waals surface area (Å²) in [5, 5.41) is 11.6. The molecule has 1 aromatic rings. The van der Waals surface area contributed by atoms with Gasteiger partial charge < -0.3 is 20.6 Å². The Bertz CT molecular complexity index is 481. The van der Waals surface area contributed by atoms with Gasteiger partial charge >= 0.3 is 0 Å². The van der Waals surface area contributed by atoms with Gasteiger partial charge in [0.1, 0.15) is 6.10 Å². The number of carbonyl (C=O) groups excluding carboxylic acids is 1. The van der Waals surface area contributed by atoms with Crippen LogP contribution in [-0.2, 0) is 9.53 Å². The van der Waals surface area contributed by atoms with Crippen LogP contribution >= 0.6 is 11.8 Å². The molecule has 2 rings (SSSR count). The van der Waals surface area contributed by atoms with E-state index in [4.69, 9.17) is 15.7 Å². The SMILES string of the molecule is NC(=NO)C1CN(C(=O)CSc2ccccc2)CCO1. The van der Waals surface area contributed by atoms with E-state index < -0.39 is 6.10 Å². The number of benzene rings is 1. The fraction of sp³-hybridized carbons (Fsp3) is 0.385. The predicted molar refractivity (Wildman–Crippen MR) is 76.9 cm³/mol. The molecule has 1 saturated heterocycles. The van der Waals surface area contributed by atoms with Gasteiger partial charge in [0.2, 0.25) is 5.91 Å². The normalized spacial score (nSPS) is 19.9. The van der Waals surface area contributed by atoms with E-state index in [2.05, 4.69) is 5.16 Å². The highest BCUT2D eigenvalue weighted by Gasteiger charge is 2.26. The van der Waals surface area contributed by atoms with Crippen molar-refractivity contribution in [2.75, 3.05) is 25.4 Å². The van der Waals surface area contributed by atoms with Gasteiger partial charge in [-0.2, -0.15) is 0 Å². The molecule has 0 bridgehead atoms. The highest BCUT2D eigenvalue weighted by Crippen LogP contribution is 2.18. The zero-order valence-corrected chi connectivity index (χ0v) is 11.8. The van der Waals surface area contributed by atoms with Crippen LogP contribution in [0.15, 0.2) is 40.4 Å². The summed E-state index contributed by atoms with van der Waals surface area (Å²) in [4.78, 5) is 14.9. The summed E-state index contributed by atoms with van der Waals surface area (Å²) in [7, 11) is 0. The zero-order valence-electron chi connectivity index (χ0n) is 10.9. The van der Waals surface area contributed by atoms with E-state index in [9.17, 15) is 4.79 Å². The molecular formula is C13H17N3O3S. The van der Waals surface area contributed by atoms with Crippen molar-refractivity contribution in [3.05, 3.63) is 30.3 Å². The highest BCUT2D eigenvalue weighted by molar-refractivity contribution is 8.00. The van der Waals surface area contributed by atoms with Crippen LogP contribution in [0.3, 0.4) is 0 Å². The van der Waals surface area contributed by atoms with Crippen molar-refractivity contribution < 1.29 is 14.7 Å². The number of morpholine rings is 1. The summed E-state index contributed by atoms with van der Waals surface area (Å²) in [6.07, 6.45) is -0.528. The molecule has 7 heteroatoms. The van der Waals surface area contributed by atoms with Gasteiger partial charge in [-0.05, 0) is 12.1 Å². The van der Waals surface area contributed by atoms with Crippen molar-refractivity contribution in [2.24, 2.45) is 10.9 Å². The smallest absolute Gasteiger partial charge is 0.233 e. The molecule has 1 aliphatic rings. The summed E-state index contributed by atoms with van der Waals surface area (Å²) in [5.74, 6) is 0.392. The van der Waals surface area contributed by atoms with E-state index in [-0.39, 0.29) is 11.7 Å². The second kappa shape index (κ2) is 7.16. The Morgan fingerprint density at radius 3 is 2.95 bits per heavy atom. The summed E-state index contributed by atoms with van der Waals surface area (Å²) in [6, 6.07) is 9.76. The molecule has 1 aromatic carbocycles. The Morgan fingerprint density at radius 2 is 2.25 bits per heavy atom. The number of thioether (sulfide) groups is 1. The van der Waals surface area contributed by atoms with E-state index in [0.717, 1.165) is 4.90 Å². The first-order valence-electron chi connectivity index (χ1n) is 6.25. The topological polar surface area (TPSA) is 88.2 Å². The van der Waals surface area contributed by atoms with Crippen LogP contribution in [-0.4, -0.2) is 53.4 Å². The number of oxime groups is 1. The lowest BCUT2D eigenvalue weighted by atomic mass is 10.2. The van der Waals surface area contributed by atoms with Crippen LogP contribution in [0.2, 0.25) is 0 Å². The van der Waals surface area contributed by atoms with Crippen molar-refractivity contribution in [1.29, 1.82) is 0 Å². The first-order valence-corrected chi connectivity index (χ1v) is 7.24. The molecule has 0 spiro atoms. The van der Waals surface area contributed by atoms with Gasteiger partial charge in [0.15, 0.2) is 5.84 Å². The Morgan fingerprint density at radius 1 is 1.50 bits per heavy atom. The average Bonchev–Trinajstić information content (AvgIpc) is 2.53. The third-order valence-electron chi connectivity index (χ3n) is 2.97. The zero-order chi connectivity index (χ0) is 14.4. The maximum atomic E-state index is 12.1. The van der Waals surface area contributed by atoms with Crippen LogP contribution in [0.4, 0.5) is 0 Å². The molecule has 6 nitrogen and oxygen atoms in total. The van der Waals surface area contributed by atoms with Gasteiger partial charge in [-0.25, -0.2) is 0 Å². The Kier molecular flexibility index (Phi) is 5.25. The van der Waals surface area contributed by atoms with Gasteiger partial charge in [-0.15, -0.1) is 11.8 Å². The summed E-state index contributed by atoms with van der Waals surface area (Å²) >= 11 is 1.49. The molecular weight excluding hydrogens is 278 g/mol. The summed E-state index contributed by atoms with van der Waals surface area (Å²) < 4.78 is 5.36. The molecule has 20 heavy (non-hydrogen) atoms. The summed E-state index contributed by atoms with van der Waals surface area (Å²) in [5.41, 5.74) is 5.51. The molecule has 1 aliphatic heterocycles. The van der Waals surface area contributed by atoms with Gasteiger partial charge in [-0.1, -0.05) is 23.4 Å². The number of hydrogen-bond acceptors (Lipinski definition) is 5. The Balaban J connectivity index is 1.86. The number of hydrogen-bond donors (Lipinski definition) is 2. The van der Waals surface area contributed by atoms with E-state index in [1.165, 1.54) is 11.8 Å². The number of ether oxygens (including phenoxy) is 1. The van der Waals surface area contributed by atoms with Gasteiger partial charge in [-0.3, -0.25) is 4.79 Å². The second-order valence-corrected chi connectivity index (χ2v) is 5.37. The standard InChI is InChI=1S/C13H17N3O3S/c14-13(15-18)11-8-16(6-7-19-11)12(17)9-20-10-4-2-1-3-5-10/h1-5,11,18H,6-9H2,(H2,14,15). The molecule has 0 radical (unpaired) electrons. The molecule has 0 saturated carbocycles. The highest BCUT2D eigenvalue weighted by atomic mass is 32.2. The van der Waals surface area contributed by atoms with Crippen LogP contribution in [0.25, 0.3) is 0 Å². The third kappa shape index (κ3) is 3.88. The molecule has 108 valence electrons. The van der Waals surface area contributed by atoms with Crippen molar-refractivity contribution in [1.82, 2.24) is 4.90 Å². The molecule has 1 unspecified atom stereocenters. The Labute approximate surface area is 121 Å². The second-order valence-electron chi connectivity index (χ2n) is 4.33. The molecule has 1 amide bonds. The minimum absolute atomic E-state index is 0.00166. The van der Waals surface area contributed by atoms with Gasteiger partial charge in [0.05, 0.1) is 18.9 Å². The average molecular weight is 295 g/mol. The molecule has 0 aromatic heterocycles. The number of carbonyl (C=O) groups is 1. The lowest BCUT2D eigenvalue weighted by Crippen LogP contribution is -2.51. The number of nitrogens with two attached hydrogens (primary N) is 1. The van der Waals surface area contributed by atoms with Crippen molar-refractivity contribution in [2.45, 2.75) is 11.0 Å². The van der Waals surface area contributed by atoms with Gasteiger partial charge in [0, 0.05) is 11.4 Å². The van der Waals surface area contributed by atoms with Crippen LogP contribution in [0.5, 0.6) is 0 Å². The van der Waals surface area contributed by atoms with Crippen molar-refractivity contribution in [3.8, 4) is 0 Å². The van der Waals surface area contributed by atoms with E-state index >= 15 is 0 Å². The maximum Gasteiger partial charge on any atom is 0.233 e. The lowest BCUT2D eigenvalue weighted by Gasteiger charge is -2.32. The van der Waals surface area contributed by atoms with E-state index in [1.54, 1.807) is 4.90 Å². The number of rotatable bonds is 4. The minimum atomic E-state index is -0.528. The van der Waals surface area contributed by atoms with Crippen molar-refractivity contribution in [3.63, 3.8) is 0 Å². The lowest BCUT2D eigenvalue weighted by molar-refractivity contribution is -0.133. The first kappa shape index (κ1) is 14.7. The summed E-state index contributed by atoms with van der Waals surface area (Å²) in [6.45, 7) is 1.25. The van der Waals surface area contributed by atoms with Crippen molar-refractivity contribution >= 4 is 23.5 Å². The molecule has 1 atom stereocenters. The molecule has 0 aliphatic carbocycles. The molecule has 1 heterocycles. The fourth-order valence-electron chi connectivity index (χ4n) is 1.87. The predicted octanol–water partition coefficient (Wildman–Crippen LogP) is 0.752. The van der Waals surface area contributed by atoms with Gasteiger partial charge in [0.25, 0.3) is 0 Å². The maximum absolute atomic E-state index is 12.1. The molecule has 3 N–H and O–H groups in total. The first-order chi connectivity index (χ1) is 9.70. The van der Waals surface area contributed by atoms with E-state index in [0.29, 0.717) is 25.4 Å². The monoisotopic (exact) mass is 295 g/mol. The van der Waals surface area contributed by atoms with Crippen LogP contribution < -0.4 is 5.73 Å².